The van der Waals surface area contributed by atoms with Gasteiger partial charge in [0.15, 0.2) is 0 Å². The molecule has 2 nitrogen and oxygen atoms in total. The van der Waals surface area contributed by atoms with Crippen LogP contribution >= 0.6 is 11.8 Å². The van der Waals surface area contributed by atoms with E-state index >= 15 is 0 Å². The standard InChI is InChI=1S/C10H13FN2S/c1-13(2)10(14-3)12-9-6-4-8(11)5-7-9/h4-7H,1-3H3/p+1. The van der Waals surface area contributed by atoms with Crippen LogP contribution in [-0.4, -0.2) is 30.1 Å². The molecule has 1 aromatic rings. The Morgan fingerprint density at radius 1 is 1.29 bits per heavy atom. The lowest BCUT2D eigenvalue weighted by atomic mass is 10.3. The number of nitrogens with zero attached hydrogens (tertiary/aromatic N) is 1. The van der Waals surface area contributed by atoms with Crippen molar-refractivity contribution in [2.24, 2.45) is 0 Å². The van der Waals surface area contributed by atoms with Gasteiger partial charge in [-0.1, -0.05) is 0 Å². The number of benzene rings is 1. The van der Waals surface area contributed by atoms with Crippen molar-refractivity contribution in [2.75, 3.05) is 25.7 Å². The molecule has 4 heteroatoms. The van der Waals surface area contributed by atoms with Gasteiger partial charge in [0, 0.05) is 0 Å². The molecule has 0 heterocycles. The van der Waals surface area contributed by atoms with Crippen molar-refractivity contribution in [1.82, 2.24) is 0 Å². The van der Waals surface area contributed by atoms with Crippen molar-refractivity contribution in [2.45, 2.75) is 0 Å². The second-order valence-electron chi connectivity index (χ2n) is 3.04. The van der Waals surface area contributed by atoms with Crippen molar-refractivity contribution in [1.29, 1.82) is 0 Å². The lowest BCUT2D eigenvalue weighted by Gasteiger charge is -2.02. The summed E-state index contributed by atoms with van der Waals surface area (Å²) in [4.78, 5) is 0. The van der Waals surface area contributed by atoms with Crippen LogP contribution < -0.4 is 5.32 Å². The molecule has 0 aliphatic heterocycles. The molecule has 1 aromatic carbocycles. The highest BCUT2D eigenvalue weighted by atomic mass is 32.2. The van der Waals surface area contributed by atoms with Crippen LogP contribution in [0.15, 0.2) is 24.3 Å². The van der Waals surface area contributed by atoms with Crippen molar-refractivity contribution in [3.63, 3.8) is 0 Å². The molecule has 0 amide bonds. The number of anilines is 1. The third-order valence-corrected chi connectivity index (χ3v) is 2.55. The molecule has 0 fully saturated rings. The summed E-state index contributed by atoms with van der Waals surface area (Å²) in [6.07, 6.45) is 1.99. The van der Waals surface area contributed by atoms with Crippen molar-refractivity contribution >= 4 is 22.6 Å². The van der Waals surface area contributed by atoms with Gasteiger partial charge < -0.3 is 0 Å². The summed E-state index contributed by atoms with van der Waals surface area (Å²) in [6, 6.07) is 6.32. The van der Waals surface area contributed by atoms with Gasteiger partial charge in [-0.15, -0.1) is 0 Å². The van der Waals surface area contributed by atoms with Gasteiger partial charge in [0.05, 0.1) is 14.1 Å². The summed E-state index contributed by atoms with van der Waals surface area (Å²) < 4.78 is 14.6. The largest absolute Gasteiger partial charge is 0.310 e. The molecule has 14 heavy (non-hydrogen) atoms. The highest BCUT2D eigenvalue weighted by molar-refractivity contribution is 8.13. The van der Waals surface area contributed by atoms with Gasteiger partial charge in [-0.25, -0.2) is 9.71 Å². The fraction of sp³-hybridized carbons (Fsp3) is 0.300. The van der Waals surface area contributed by atoms with Crippen LogP contribution in [0.4, 0.5) is 10.1 Å². The maximum Gasteiger partial charge on any atom is 0.310 e. The van der Waals surface area contributed by atoms with E-state index in [2.05, 4.69) is 5.32 Å². The van der Waals surface area contributed by atoms with Crippen molar-refractivity contribution < 1.29 is 8.97 Å². The average molecular weight is 213 g/mol. The van der Waals surface area contributed by atoms with E-state index in [1.165, 1.54) is 12.1 Å². The lowest BCUT2D eigenvalue weighted by Crippen LogP contribution is -2.18. The van der Waals surface area contributed by atoms with Crippen LogP contribution in [0.2, 0.25) is 0 Å². The molecule has 0 aromatic heterocycles. The summed E-state index contributed by atoms with van der Waals surface area (Å²) in [6.45, 7) is 0. The van der Waals surface area contributed by atoms with E-state index in [1.807, 2.05) is 24.9 Å². The molecule has 0 spiro atoms. The van der Waals surface area contributed by atoms with Gasteiger partial charge in [0.1, 0.15) is 11.5 Å². The molecule has 0 atom stereocenters. The third-order valence-electron chi connectivity index (χ3n) is 1.70. The van der Waals surface area contributed by atoms with Crippen LogP contribution in [0.5, 0.6) is 0 Å². The Kier molecular flexibility index (Phi) is 3.95. The van der Waals surface area contributed by atoms with E-state index < -0.39 is 0 Å². The molecule has 0 saturated carbocycles. The van der Waals surface area contributed by atoms with E-state index in [0.717, 1.165) is 10.9 Å². The highest BCUT2D eigenvalue weighted by Gasteiger charge is 2.07. The Labute approximate surface area is 87.8 Å². The number of nitrogens with one attached hydrogen (secondary N) is 1. The second-order valence-corrected chi connectivity index (χ2v) is 3.83. The van der Waals surface area contributed by atoms with Gasteiger partial charge in [0.25, 0.3) is 0 Å². The summed E-state index contributed by atoms with van der Waals surface area (Å²) in [7, 11) is 3.92. The quantitative estimate of drug-likeness (QED) is 0.437. The normalized spacial score (nSPS) is 9.71. The predicted octanol–water partition coefficient (Wildman–Crippen LogP) is 2.23. The Morgan fingerprint density at radius 2 is 1.86 bits per heavy atom. The third kappa shape index (κ3) is 3.03. The molecule has 76 valence electrons. The molecule has 1 N–H and O–H groups in total. The molecule has 0 saturated heterocycles. The molecular weight excluding hydrogens is 199 g/mol. The van der Waals surface area contributed by atoms with Crippen LogP contribution in [-0.2, 0) is 0 Å². The number of halogens is 1. The first-order chi connectivity index (χ1) is 6.63. The van der Waals surface area contributed by atoms with E-state index in [9.17, 15) is 4.39 Å². The van der Waals surface area contributed by atoms with E-state index in [4.69, 9.17) is 0 Å². The number of amidine groups is 1. The van der Waals surface area contributed by atoms with E-state index in [-0.39, 0.29) is 5.82 Å². The molecule has 0 unspecified atom stereocenters. The Balaban J connectivity index is 2.78. The maximum atomic E-state index is 12.6. The highest BCUT2D eigenvalue weighted by Crippen LogP contribution is 2.10. The summed E-state index contributed by atoms with van der Waals surface area (Å²) in [5, 5.41) is 4.22. The van der Waals surface area contributed by atoms with E-state index in [1.54, 1.807) is 23.9 Å². The molecule has 0 aliphatic rings. The first kappa shape index (κ1) is 11.0. The van der Waals surface area contributed by atoms with Gasteiger partial charge >= 0.3 is 5.17 Å². The number of rotatable bonds is 1. The smallest absolute Gasteiger partial charge is 0.261 e. The number of hydrogen-bond acceptors (Lipinski definition) is 1. The molecule has 0 bridgehead atoms. The fourth-order valence-electron chi connectivity index (χ4n) is 1.00. The Hall–Kier alpha value is -1.03. The second kappa shape index (κ2) is 5.00. The fourth-order valence-corrected chi connectivity index (χ4v) is 1.59. The lowest BCUT2D eigenvalue weighted by molar-refractivity contribution is -0.461. The first-order valence-electron chi connectivity index (χ1n) is 4.24. The predicted molar refractivity (Wildman–Crippen MR) is 60.7 cm³/mol. The topological polar surface area (TPSA) is 15.0 Å². The Bertz CT molecular complexity index is 328. The van der Waals surface area contributed by atoms with Crippen molar-refractivity contribution in [3.05, 3.63) is 30.1 Å². The maximum absolute atomic E-state index is 12.6. The average Bonchev–Trinajstić information content (AvgIpc) is 2.16. The SMILES string of the molecule is CSC(Nc1ccc(F)cc1)=[N+](C)C. The minimum Gasteiger partial charge on any atom is -0.261 e. The van der Waals surface area contributed by atoms with Gasteiger partial charge in [-0.3, -0.25) is 4.58 Å². The van der Waals surface area contributed by atoms with Gasteiger partial charge in [-0.2, -0.15) is 0 Å². The molecule has 0 aliphatic carbocycles. The molecule has 1 rings (SSSR count). The first-order valence-corrected chi connectivity index (χ1v) is 5.47. The zero-order chi connectivity index (χ0) is 10.6. The van der Waals surface area contributed by atoms with Gasteiger partial charge in [-0.05, 0) is 42.3 Å². The van der Waals surface area contributed by atoms with Crippen LogP contribution in [0.3, 0.4) is 0 Å². The summed E-state index contributed by atoms with van der Waals surface area (Å²) in [5.41, 5.74) is 0.893. The monoisotopic (exact) mass is 213 g/mol. The van der Waals surface area contributed by atoms with Crippen molar-refractivity contribution in [3.8, 4) is 0 Å². The molecule has 0 radical (unpaired) electrons. The van der Waals surface area contributed by atoms with Gasteiger partial charge in [0.2, 0.25) is 0 Å². The minimum absolute atomic E-state index is 0.217. The number of hydrogen-bond donors (Lipinski definition) is 1. The van der Waals surface area contributed by atoms with Crippen LogP contribution in [0.1, 0.15) is 0 Å². The van der Waals surface area contributed by atoms with Crippen LogP contribution in [0, 0.1) is 5.82 Å². The zero-order valence-corrected chi connectivity index (χ0v) is 9.36. The summed E-state index contributed by atoms with van der Waals surface area (Å²) >= 11 is 1.61. The number of thioether (sulfide) groups is 1. The summed E-state index contributed by atoms with van der Waals surface area (Å²) in [5.74, 6) is -0.217. The molecular formula is C10H14FN2S+. The zero-order valence-electron chi connectivity index (χ0n) is 8.54. The van der Waals surface area contributed by atoms with E-state index in [0.29, 0.717) is 0 Å². The van der Waals surface area contributed by atoms with Crippen LogP contribution in [0.25, 0.3) is 0 Å². The minimum atomic E-state index is -0.217. The Morgan fingerprint density at radius 3 is 2.29 bits per heavy atom.